The Hall–Kier alpha value is -1.86. The molecule has 2 aromatic rings. The third-order valence-corrected chi connectivity index (χ3v) is 3.76. The summed E-state index contributed by atoms with van der Waals surface area (Å²) < 4.78 is 14.3. The fourth-order valence-electron chi connectivity index (χ4n) is 2.03. The highest BCUT2D eigenvalue weighted by molar-refractivity contribution is 9.10. The summed E-state index contributed by atoms with van der Waals surface area (Å²) in [7, 11) is 0. The lowest BCUT2D eigenvalue weighted by Gasteiger charge is -2.16. The third-order valence-electron chi connectivity index (χ3n) is 2.99. The SMILES string of the molecule is CC(Cc1ccccc1)Nc1ccc(C#N)c(Br)c1F. The summed E-state index contributed by atoms with van der Waals surface area (Å²) >= 11 is 3.11. The lowest BCUT2D eigenvalue weighted by Crippen LogP contribution is -2.19. The quantitative estimate of drug-likeness (QED) is 0.894. The van der Waals surface area contributed by atoms with E-state index in [4.69, 9.17) is 5.26 Å². The Morgan fingerprint density at radius 2 is 1.95 bits per heavy atom. The van der Waals surface area contributed by atoms with Gasteiger partial charge in [0.25, 0.3) is 0 Å². The van der Waals surface area contributed by atoms with Crippen LogP contribution in [0.1, 0.15) is 18.1 Å². The maximum Gasteiger partial charge on any atom is 0.161 e. The number of nitrogens with one attached hydrogen (secondary N) is 1. The Morgan fingerprint density at radius 3 is 2.60 bits per heavy atom. The molecule has 0 aromatic heterocycles. The molecule has 0 bridgehead atoms. The number of rotatable bonds is 4. The topological polar surface area (TPSA) is 35.8 Å². The molecule has 0 saturated carbocycles. The maximum atomic E-state index is 14.1. The molecule has 0 fully saturated rings. The lowest BCUT2D eigenvalue weighted by atomic mass is 10.1. The summed E-state index contributed by atoms with van der Waals surface area (Å²) in [6.07, 6.45) is 0.803. The zero-order valence-electron chi connectivity index (χ0n) is 11.0. The van der Waals surface area contributed by atoms with Crippen molar-refractivity contribution in [2.45, 2.75) is 19.4 Å². The molecule has 2 rings (SSSR count). The molecular weight excluding hydrogens is 319 g/mol. The minimum absolute atomic E-state index is 0.0896. The van der Waals surface area contributed by atoms with Crippen molar-refractivity contribution in [2.75, 3.05) is 5.32 Å². The summed E-state index contributed by atoms with van der Waals surface area (Å²) in [6, 6.07) is 15.3. The van der Waals surface area contributed by atoms with Gasteiger partial charge in [0.15, 0.2) is 5.82 Å². The molecular formula is C16H14BrFN2. The van der Waals surface area contributed by atoms with Gasteiger partial charge in [0.2, 0.25) is 0 Å². The van der Waals surface area contributed by atoms with Crippen LogP contribution in [0.15, 0.2) is 46.9 Å². The highest BCUT2D eigenvalue weighted by Gasteiger charge is 2.13. The van der Waals surface area contributed by atoms with Crippen LogP contribution in [-0.4, -0.2) is 6.04 Å². The molecule has 0 saturated heterocycles. The Morgan fingerprint density at radius 1 is 1.25 bits per heavy atom. The highest BCUT2D eigenvalue weighted by Crippen LogP contribution is 2.27. The number of nitriles is 1. The molecule has 4 heteroatoms. The van der Waals surface area contributed by atoms with Gasteiger partial charge >= 0.3 is 0 Å². The number of hydrogen-bond acceptors (Lipinski definition) is 2. The maximum absolute atomic E-state index is 14.1. The van der Waals surface area contributed by atoms with Gasteiger partial charge in [-0.2, -0.15) is 5.26 Å². The Kier molecular flexibility index (Phi) is 4.75. The summed E-state index contributed by atoms with van der Waals surface area (Å²) in [5.74, 6) is -0.427. The summed E-state index contributed by atoms with van der Waals surface area (Å²) in [6.45, 7) is 2.00. The number of nitrogens with zero attached hydrogens (tertiary/aromatic N) is 1. The standard InChI is InChI=1S/C16H14BrFN2/c1-11(9-12-5-3-2-4-6-12)20-14-8-7-13(10-19)15(17)16(14)18/h2-8,11,20H,9H2,1H3. The Balaban J connectivity index is 2.11. The molecule has 2 aromatic carbocycles. The Bertz CT molecular complexity index is 635. The number of halogens is 2. The van der Waals surface area contributed by atoms with Gasteiger partial charge in [0, 0.05) is 6.04 Å². The van der Waals surface area contributed by atoms with Crippen LogP contribution < -0.4 is 5.32 Å². The van der Waals surface area contributed by atoms with Gasteiger partial charge in [0.05, 0.1) is 15.7 Å². The van der Waals surface area contributed by atoms with Crippen LogP contribution in [-0.2, 0) is 6.42 Å². The molecule has 0 aliphatic rings. The molecule has 20 heavy (non-hydrogen) atoms. The predicted molar refractivity (Wildman–Crippen MR) is 82.0 cm³/mol. The van der Waals surface area contributed by atoms with E-state index in [1.807, 2.05) is 43.3 Å². The molecule has 2 nitrogen and oxygen atoms in total. The van der Waals surface area contributed by atoms with E-state index in [0.717, 1.165) is 6.42 Å². The van der Waals surface area contributed by atoms with Crippen molar-refractivity contribution in [3.8, 4) is 6.07 Å². The molecule has 0 radical (unpaired) electrons. The van der Waals surface area contributed by atoms with Crippen LogP contribution in [0.2, 0.25) is 0 Å². The zero-order valence-corrected chi connectivity index (χ0v) is 12.6. The van der Waals surface area contributed by atoms with Crippen molar-refractivity contribution in [3.05, 3.63) is 63.9 Å². The molecule has 0 heterocycles. The molecule has 102 valence electrons. The second-order valence-electron chi connectivity index (χ2n) is 4.64. The second-order valence-corrected chi connectivity index (χ2v) is 5.43. The molecule has 0 amide bonds. The first kappa shape index (κ1) is 14.5. The summed E-state index contributed by atoms with van der Waals surface area (Å²) in [5.41, 5.74) is 1.89. The average molecular weight is 333 g/mol. The average Bonchev–Trinajstić information content (AvgIpc) is 2.45. The van der Waals surface area contributed by atoms with Gasteiger partial charge in [-0.05, 0) is 47.0 Å². The predicted octanol–water partition coefficient (Wildman–Crippen LogP) is 4.50. The van der Waals surface area contributed by atoms with Crippen LogP contribution in [0.5, 0.6) is 0 Å². The minimum Gasteiger partial charge on any atom is -0.380 e. The van der Waals surface area contributed by atoms with E-state index in [2.05, 4.69) is 21.2 Å². The van der Waals surface area contributed by atoms with Crippen LogP contribution >= 0.6 is 15.9 Å². The third kappa shape index (κ3) is 3.37. The van der Waals surface area contributed by atoms with Gasteiger partial charge in [-0.15, -0.1) is 0 Å². The first-order valence-corrected chi connectivity index (χ1v) is 7.09. The van der Waals surface area contributed by atoms with E-state index in [1.165, 1.54) is 5.56 Å². The summed E-state index contributed by atoms with van der Waals surface area (Å²) in [4.78, 5) is 0. The van der Waals surface area contributed by atoms with Crippen LogP contribution in [0.3, 0.4) is 0 Å². The van der Waals surface area contributed by atoms with Gasteiger partial charge in [0.1, 0.15) is 6.07 Å². The highest BCUT2D eigenvalue weighted by atomic mass is 79.9. The first-order chi connectivity index (χ1) is 9.61. The van der Waals surface area contributed by atoms with Crippen molar-refractivity contribution in [3.63, 3.8) is 0 Å². The molecule has 0 spiro atoms. The fourth-order valence-corrected chi connectivity index (χ4v) is 2.47. The largest absolute Gasteiger partial charge is 0.380 e. The number of benzene rings is 2. The number of anilines is 1. The fraction of sp³-hybridized carbons (Fsp3) is 0.188. The van der Waals surface area contributed by atoms with Crippen LogP contribution in [0.4, 0.5) is 10.1 Å². The van der Waals surface area contributed by atoms with Gasteiger partial charge in [-0.1, -0.05) is 30.3 Å². The minimum atomic E-state index is -0.427. The van der Waals surface area contributed by atoms with E-state index in [-0.39, 0.29) is 10.5 Å². The Labute approximate surface area is 126 Å². The first-order valence-electron chi connectivity index (χ1n) is 6.30. The normalized spacial score (nSPS) is 11.7. The lowest BCUT2D eigenvalue weighted by molar-refractivity contribution is 0.619. The zero-order chi connectivity index (χ0) is 14.5. The van der Waals surface area contributed by atoms with E-state index in [0.29, 0.717) is 11.3 Å². The van der Waals surface area contributed by atoms with Gasteiger partial charge < -0.3 is 5.32 Å². The second kappa shape index (κ2) is 6.53. The van der Waals surface area contributed by atoms with Gasteiger partial charge in [-0.3, -0.25) is 0 Å². The van der Waals surface area contributed by atoms with Crippen LogP contribution in [0.25, 0.3) is 0 Å². The van der Waals surface area contributed by atoms with Crippen LogP contribution in [0, 0.1) is 17.1 Å². The molecule has 1 unspecified atom stereocenters. The molecule has 0 aliphatic heterocycles. The molecule has 0 aliphatic carbocycles. The van der Waals surface area contributed by atoms with E-state index >= 15 is 0 Å². The van der Waals surface area contributed by atoms with Crippen molar-refractivity contribution in [1.29, 1.82) is 5.26 Å². The van der Waals surface area contributed by atoms with Crippen molar-refractivity contribution >= 4 is 21.6 Å². The van der Waals surface area contributed by atoms with Crippen molar-refractivity contribution in [2.24, 2.45) is 0 Å². The van der Waals surface area contributed by atoms with Crippen molar-refractivity contribution < 1.29 is 4.39 Å². The smallest absolute Gasteiger partial charge is 0.161 e. The van der Waals surface area contributed by atoms with Crippen molar-refractivity contribution in [1.82, 2.24) is 0 Å². The molecule has 1 atom stereocenters. The van der Waals surface area contributed by atoms with E-state index < -0.39 is 5.82 Å². The van der Waals surface area contributed by atoms with E-state index in [9.17, 15) is 4.39 Å². The monoisotopic (exact) mass is 332 g/mol. The number of hydrogen-bond donors (Lipinski definition) is 1. The van der Waals surface area contributed by atoms with Gasteiger partial charge in [-0.25, -0.2) is 4.39 Å². The van der Waals surface area contributed by atoms with E-state index in [1.54, 1.807) is 12.1 Å². The molecule has 1 N–H and O–H groups in total. The summed E-state index contributed by atoms with van der Waals surface area (Å²) in [5, 5.41) is 12.0.